The molecule has 4 heterocycles. The first kappa shape index (κ1) is 16.2. The van der Waals surface area contributed by atoms with E-state index in [0.717, 1.165) is 11.3 Å². The summed E-state index contributed by atoms with van der Waals surface area (Å²) in [5.74, 6) is -0.528. The van der Waals surface area contributed by atoms with Crippen LogP contribution in [-0.4, -0.2) is 42.7 Å². The van der Waals surface area contributed by atoms with Crippen molar-refractivity contribution in [1.29, 1.82) is 0 Å². The summed E-state index contributed by atoms with van der Waals surface area (Å²) in [6.45, 7) is 0.363. The van der Waals surface area contributed by atoms with Gasteiger partial charge in [0.15, 0.2) is 11.6 Å². The van der Waals surface area contributed by atoms with Crippen molar-refractivity contribution in [1.82, 2.24) is 0 Å². The summed E-state index contributed by atoms with van der Waals surface area (Å²) in [5, 5.41) is 0. The maximum Gasteiger partial charge on any atom is 0.218 e. The SMILES string of the molecule is O=C1[C@H]2OC[C@H](O2)[C@H]2[C@H]1[C@H]1C=Cc3ccccc3N1[C@@H]2C(=O)c1ccccc1. The van der Waals surface area contributed by atoms with Crippen LogP contribution in [0.3, 0.4) is 0 Å². The van der Waals surface area contributed by atoms with Crippen LogP contribution in [0, 0.1) is 11.8 Å². The van der Waals surface area contributed by atoms with Gasteiger partial charge in [-0.25, -0.2) is 0 Å². The van der Waals surface area contributed by atoms with Crippen LogP contribution in [0.4, 0.5) is 5.69 Å². The van der Waals surface area contributed by atoms with E-state index < -0.39 is 12.3 Å². The molecule has 3 fully saturated rings. The second-order valence-corrected chi connectivity index (χ2v) is 7.84. The number of fused-ring (bicyclic) bond motifs is 8. The Morgan fingerprint density at radius 1 is 1.04 bits per heavy atom. The molecule has 0 unspecified atom stereocenters. The Balaban J connectivity index is 1.53. The standard InChI is InChI=1S/C23H19NO4/c25-21(14-7-2-1-3-8-14)20-19-17-12-27-23(28-17)22(26)18(19)16-11-10-13-6-4-5-9-15(13)24(16)20/h1-11,16-20,23H,12H2/t16-,17+,18-,19+,20+,23+/m1/s1. The van der Waals surface area contributed by atoms with Crippen molar-refractivity contribution >= 4 is 23.3 Å². The molecule has 4 aliphatic rings. The number of nitrogens with zero attached hydrogens (tertiary/aromatic N) is 1. The lowest BCUT2D eigenvalue weighted by molar-refractivity contribution is -0.163. The van der Waals surface area contributed by atoms with Crippen molar-refractivity contribution in [3.05, 3.63) is 71.8 Å². The van der Waals surface area contributed by atoms with Gasteiger partial charge >= 0.3 is 0 Å². The maximum absolute atomic E-state index is 13.7. The number of carbonyl (C=O) groups is 2. The zero-order chi connectivity index (χ0) is 18.8. The van der Waals surface area contributed by atoms with Crippen LogP contribution in [0.1, 0.15) is 15.9 Å². The topological polar surface area (TPSA) is 55.8 Å². The number of hydrogen-bond acceptors (Lipinski definition) is 5. The normalized spacial score (nSPS) is 34.7. The number of carbonyl (C=O) groups excluding carboxylic acids is 2. The van der Waals surface area contributed by atoms with Crippen LogP contribution < -0.4 is 4.90 Å². The smallest absolute Gasteiger partial charge is 0.218 e. The number of rotatable bonds is 2. The number of ether oxygens (including phenoxy) is 2. The highest BCUT2D eigenvalue weighted by atomic mass is 16.7. The molecule has 0 aromatic heterocycles. The fourth-order valence-electron chi connectivity index (χ4n) is 5.35. The third kappa shape index (κ3) is 2.09. The van der Waals surface area contributed by atoms with Crippen molar-refractivity contribution in [2.24, 2.45) is 11.8 Å². The van der Waals surface area contributed by atoms with Crippen LogP contribution in [0.2, 0.25) is 0 Å². The van der Waals surface area contributed by atoms with E-state index >= 15 is 0 Å². The Bertz CT molecular complexity index is 1000. The zero-order valence-corrected chi connectivity index (χ0v) is 15.1. The lowest BCUT2D eigenvalue weighted by atomic mass is 9.77. The average Bonchev–Trinajstić information content (AvgIpc) is 3.33. The van der Waals surface area contributed by atoms with Gasteiger partial charge in [0.1, 0.15) is 0 Å². The molecule has 0 amide bonds. The van der Waals surface area contributed by atoms with Gasteiger partial charge in [-0.3, -0.25) is 9.59 Å². The van der Waals surface area contributed by atoms with Gasteiger partial charge in [-0.05, 0) is 11.6 Å². The lowest BCUT2D eigenvalue weighted by Gasteiger charge is -2.35. The fraction of sp³-hybridized carbons (Fsp3) is 0.304. The van der Waals surface area contributed by atoms with E-state index in [1.807, 2.05) is 54.6 Å². The molecule has 0 radical (unpaired) electrons. The minimum Gasteiger partial charge on any atom is -0.353 e. The highest BCUT2D eigenvalue weighted by Crippen LogP contribution is 2.50. The van der Waals surface area contributed by atoms with Crippen molar-refractivity contribution < 1.29 is 19.1 Å². The molecular weight excluding hydrogens is 354 g/mol. The van der Waals surface area contributed by atoms with E-state index in [2.05, 4.69) is 17.1 Å². The first-order valence-corrected chi connectivity index (χ1v) is 9.70. The van der Waals surface area contributed by atoms with E-state index in [1.54, 1.807) is 0 Å². The third-order valence-electron chi connectivity index (χ3n) is 6.48. The van der Waals surface area contributed by atoms with Gasteiger partial charge in [0, 0.05) is 17.2 Å². The second kappa shape index (κ2) is 5.87. The largest absolute Gasteiger partial charge is 0.353 e. The molecule has 0 saturated carbocycles. The number of anilines is 1. The minimum absolute atomic E-state index is 0.0324. The Morgan fingerprint density at radius 2 is 1.82 bits per heavy atom. The third-order valence-corrected chi connectivity index (χ3v) is 6.48. The van der Waals surface area contributed by atoms with Gasteiger partial charge < -0.3 is 14.4 Å². The van der Waals surface area contributed by atoms with Crippen molar-refractivity contribution in [3.63, 3.8) is 0 Å². The van der Waals surface area contributed by atoms with Gasteiger partial charge in [0.25, 0.3) is 0 Å². The Morgan fingerprint density at radius 3 is 2.68 bits per heavy atom. The summed E-state index contributed by atoms with van der Waals surface area (Å²) in [5.41, 5.74) is 2.73. The number of benzene rings is 2. The molecule has 3 saturated heterocycles. The number of hydrogen-bond donors (Lipinski definition) is 0. The van der Waals surface area contributed by atoms with E-state index in [-0.39, 0.29) is 35.5 Å². The molecule has 5 heteroatoms. The Hall–Kier alpha value is -2.76. The molecule has 0 N–H and O–H groups in total. The van der Waals surface area contributed by atoms with Crippen LogP contribution in [0.5, 0.6) is 0 Å². The molecule has 5 nitrogen and oxygen atoms in total. The quantitative estimate of drug-likeness (QED) is 0.758. The maximum atomic E-state index is 13.7. The number of Topliss-reactive ketones (excluding diaryl/α,β-unsaturated/α-hetero) is 2. The van der Waals surface area contributed by atoms with Gasteiger partial charge in [-0.15, -0.1) is 0 Å². The molecule has 6 rings (SSSR count). The predicted octanol–water partition coefficient (Wildman–Crippen LogP) is 2.71. The Kier molecular flexibility index (Phi) is 3.40. The van der Waals surface area contributed by atoms with E-state index in [0.29, 0.717) is 12.2 Å². The summed E-state index contributed by atoms with van der Waals surface area (Å²) in [6.07, 6.45) is 3.11. The molecule has 2 aromatic rings. The molecule has 0 spiro atoms. The van der Waals surface area contributed by atoms with Crippen LogP contribution in [0.25, 0.3) is 6.08 Å². The van der Waals surface area contributed by atoms with Crippen molar-refractivity contribution in [2.45, 2.75) is 24.5 Å². The minimum atomic E-state index is -0.788. The monoisotopic (exact) mass is 373 g/mol. The van der Waals surface area contributed by atoms with Gasteiger partial charge in [0.2, 0.25) is 6.29 Å². The van der Waals surface area contributed by atoms with E-state index in [4.69, 9.17) is 9.47 Å². The highest BCUT2D eigenvalue weighted by Gasteiger charge is 2.63. The molecular formula is C23H19NO4. The van der Waals surface area contributed by atoms with Gasteiger partial charge in [-0.1, -0.05) is 60.7 Å². The zero-order valence-electron chi connectivity index (χ0n) is 15.1. The van der Waals surface area contributed by atoms with Gasteiger partial charge in [-0.2, -0.15) is 0 Å². The number of para-hydroxylation sites is 1. The first-order chi connectivity index (χ1) is 13.7. The molecule has 4 aliphatic heterocycles. The van der Waals surface area contributed by atoms with Crippen molar-refractivity contribution in [2.75, 3.05) is 11.5 Å². The first-order valence-electron chi connectivity index (χ1n) is 9.70. The summed E-state index contributed by atoms with van der Waals surface area (Å²) in [7, 11) is 0. The predicted molar refractivity (Wildman–Crippen MR) is 103 cm³/mol. The molecule has 6 atom stereocenters. The summed E-state index contributed by atoms with van der Waals surface area (Å²) >= 11 is 0. The molecule has 2 bridgehead atoms. The van der Waals surface area contributed by atoms with E-state index in [9.17, 15) is 9.59 Å². The van der Waals surface area contributed by atoms with Crippen molar-refractivity contribution in [3.8, 4) is 0 Å². The molecule has 140 valence electrons. The average molecular weight is 373 g/mol. The molecule has 0 aliphatic carbocycles. The van der Waals surface area contributed by atoms with Crippen LogP contribution in [0.15, 0.2) is 60.7 Å². The molecule has 2 aromatic carbocycles. The summed E-state index contributed by atoms with van der Waals surface area (Å²) in [6, 6.07) is 16.8. The van der Waals surface area contributed by atoms with Crippen LogP contribution >= 0.6 is 0 Å². The number of ketones is 2. The summed E-state index contributed by atoms with van der Waals surface area (Å²) < 4.78 is 11.4. The molecule has 28 heavy (non-hydrogen) atoms. The lowest BCUT2D eigenvalue weighted by Crippen LogP contribution is -2.48. The van der Waals surface area contributed by atoms with E-state index in [1.165, 1.54) is 0 Å². The summed E-state index contributed by atoms with van der Waals surface area (Å²) in [4.78, 5) is 28.9. The second-order valence-electron chi connectivity index (χ2n) is 7.84. The fourth-order valence-corrected chi connectivity index (χ4v) is 5.35. The Labute approximate surface area is 162 Å². The highest BCUT2D eigenvalue weighted by molar-refractivity contribution is 6.05. The van der Waals surface area contributed by atoms with Gasteiger partial charge in [0.05, 0.1) is 30.7 Å². The van der Waals surface area contributed by atoms with Crippen LogP contribution in [-0.2, 0) is 14.3 Å².